The smallest absolute Gasteiger partial charge is 0.303 e. The van der Waals surface area contributed by atoms with Crippen LogP contribution in [0.5, 0.6) is 0 Å². The monoisotopic (exact) mass is 264 g/mol. The SMILES string of the molecule is CC(=O)O[C@]1(C)CC[C@]23C[C@H]1C(C)(C)[C@@H]2CC[C@H]3C. The molecular weight excluding hydrogens is 236 g/mol. The fraction of sp³-hybridized carbons (Fsp3) is 0.941. The Hall–Kier alpha value is -0.530. The van der Waals surface area contributed by atoms with Crippen LogP contribution in [0.4, 0.5) is 0 Å². The number of esters is 1. The summed E-state index contributed by atoms with van der Waals surface area (Å²) in [7, 11) is 0. The lowest BCUT2D eigenvalue weighted by Gasteiger charge is -2.46. The third kappa shape index (κ3) is 1.58. The van der Waals surface area contributed by atoms with Gasteiger partial charge in [-0.05, 0) is 61.7 Å². The van der Waals surface area contributed by atoms with Gasteiger partial charge in [-0.3, -0.25) is 4.79 Å². The van der Waals surface area contributed by atoms with Crippen molar-refractivity contribution in [2.24, 2.45) is 28.6 Å². The quantitative estimate of drug-likeness (QED) is 0.664. The lowest BCUT2D eigenvalue weighted by Crippen LogP contribution is -2.47. The van der Waals surface area contributed by atoms with E-state index in [-0.39, 0.29) is 11.6 Å². The Bertz CT molecular complexity index is 413. The molecule has 5 atom stereocenters. The second-order valence-corrected chi connectivity index (χ2v) is 8.25. The van der Waals surface area contributed by atoms with Crippen LogP contribution in [0.15, 0.2) is 0 Å². The van der Waals surface area contributed by atoms with E-state index in [1.807, 2.05) is 0 Å². The van der Waals surface area contributed by atoms with Gasteiger partial charge in [0.15, 0.2) is 0 Å². The molecule has 0 aromatic carbocycles. The number of carbonyl (C=O) groups is 1. The van der Waals surface area contributed by atoms with Crippen molar-refractivity contribution < 1.29 is 9.53 Å². The van der Waals surface area contributed by atoms with E-state index in [1.54, 1.807) is 6.92 Å². The molecule has 3 aliphatic carbocycles. The van der Waals surface area contributed by atoms with Crippen LogP contribution in [-0.2, 0) is 9.53 Å². The third-order valence-electron chi connectivity index (χ3n) is 7.15. The number of rotatable bonds is 1. The van der Waals surface area contributed by atoms with Crippen molar-refractivity contribution in [3.63, 3.8) is 0 Å². The average molecular weight is 264 g/mol. The van der Waals surface area contributed by atoms with Crippen molar-refractivity contribution in [1.29, 1.82) is 0 Å². The molecular formula is C17H28O2. The van der Waals surface area contributed by atoms with Crippen LogP contribution in [0, 0.1) is 28.6 Å². The lowest BCUT2D eigenvalue weighted by atomic mass is 9.64. The number of hydrogen-bond acceptors (Lipinski definition) is 2. The van der Waals surface area contributed by atoms with E-state index in [1.165, 1.54) is 25.7 Å². The molecule has 0 saturated heterocycles. The predicted octanol–water partition coefficient (Wildman–Crippen LogP) is 4.18. The van der Waals surface area contributed by atoms with Crippen LogP contribution in [0.25, 0.3) is 0 Å². The van der Waals surface area contributed by atoms with Gasteiger partial charge < -0.3 is 4.74 Å². The summed E-state index contributed by atoms with van der Waals surface area (Å²) in [5.41, 5.74) is 0.629. The number of fused-ring (bicyclic) bond motifs is 1. The zero-order chi connectivity index (χ0) is 14.1. The van der Waals surface area contributed by atoms with Gasteiger partial charge in [0.05, 0.1) is 0 Å². The van der Waals surface area contributed by atoms with E-state index < -0.39 is 0 Å². The van der Waals surface area contributed by atoms with Crippen molar-refractivity contribution in [2.75, 3.05) is 0 Å². The molecule has 0 amide bonds. The van der Waals surface area contributed by atoms with E-state index in [0.29, 0.717) is 16.7 Å². The number of ether oxygens (including phenoxy) is 1. The largest absolute Gasteiger partial charge is 0.459 e. The van der Waals surface area contributed by atoms with E-state index in [9.17, 15) is 4.79 Å². The fourth-order valence-electron chi connectivity index (χ4n) is 6.31. The Morgan fingerprint density at radius 2 is 1.79 bits per heavy atom. The van der Waals surface area contributed by atoms with Gasteiger partial charge in [0, 0.05) is 12.8 Å². The van der Waals surface area contributed by atoms with E-state index in [4.69, 9.17) is 4.74 Å². The molecule has 3 fully saturated rings. The van der Waals surface area contributed by atoms with E-state index >= 15 is 0 Å². The van der Waals surface area contributed by atoms with Gasteiger partial charge in [-0.1, -0.05) is 20.8 Å². The van der Waals surface area contributed by atoms with Crippen LogP contribution in [0.1, 0.15) is 66.7 Å². The lowest BCUT2D eigenvalue weighted by molar-refractivity contribution is -0.171. The van der Waals surface area contributed by atoms with Gasteiger partial charge in [-0.25, -0.2) is 0 Å². The summed E-state index contributed by atoms with van der Waals surface area (Å²) in [6, 6.07) is 0. The van der Waals surface area contributed by atoms with E-state index in [2.05, 4.69) is 27.7 Å². The van der Waals surface area contributed by atoms with Gasteiger partial charge in [0.25, 0.3) is 0 Å². The number of hydrogen-bond donors (Lipinski definition) is 0. The highest BCUT2D eigenvalue weighted by atomic mass is 16.6. The molecule has 0 heterocycles. The molecule has 0 unspecified atom stereocenters. The molecule has 0 aromatic rings. The fourth-order valence-corrected chi connectivity index (χ4v) is 6.31. The van der Waals surface area contributed by atoms with Crippen LogP contribution in [0.3, 0.4) is 0 Å². The Morgan fingerprint density at radius 3 is 2.42 bits per heavy atom. The van der Waals surface area contributed by atoms with Crippen LogP contribution in [0.2, 0.25) is 0 Å². The molecule has 0 N–H and O–H groups in total. The Balaban J connectivity index is 1.99. The van der Waals surface area contributed by atoms with Crippen molar-refractivity contribution in [2.45, 2.75) is 72.3 Å². The standard InChI is InChI=1S/C17H28O2/c1-11-6-7-13-15(3,4)14-10-17(11,13)9-8-16(14,5)19-12(2)18/h11,13-14H,6-10H2,1-5H3/t11-,13+,14+,16-,17-/m1/s1. The molecule has 2 heteroatoms. The first-order valence-electron chi connectivity index (χ1n) is 7.92. The molecule has 19 heavy (non-hydrogen) atoms. The van der Waals surface area contributed by atoms with Gasteiger partial charge in [-0.15, -0.1) is 0 Å². The second kappa shape index (κ2) is 3.77. The topological polar surface area (TPSA) is 26.3 Å². The maximum Gasteiger partial charge on any atom is 0.303 e. The van der Waals surface area contributed by atoms with Crippen molar-refractivity contribution in [1.82, 2.24) is 0 Å². The summed E-state index contributed by atoms with van der Waals surface area (Å²) in [4.78, 5) is 11.5. The van der Waals surface area contributed by atoms with Gasteiger partial charge in [0.2, 0.25) is 0 Å². The van der Waals surface area contributed by atoms with Crippen LogP contribution >= 0.6 is 0 Å². The minimum absolute atomic E-state index is 0.112. The minimum Gasteiger partial charge on any atom is -0.459 e. The molecule has 2 bridgehead atoms. The molecule has 0 aromatic heterocycles. The maximum atomic E-state index is 11.5. The minimum atomic E-state index is -0.232. The van der Waals surface area contributed by atoms with E-state index in [0.717, 1.165) is 18.3 Å². The summed E-state index contributed by atoms with van der Waals surface area (Å²) in [6.45, 7) is 11.0. The summed E-state index contributed by atoms with van der Waals surface area (Å²) in [5, 5.41) is 0. The Labute approximate surface area is 117 Å². The first-order chi connectivity index (χ1) is 8.72. The highest BCUT2D eigenvalue weighted by Gasteiger charge is 2.68. The first-order valence-corrected chi connectivity index (χ1v) is 7.92. The second-order valence-electron chi connectivity index (χ2n) is 8.25. The van der Waals surface area contributed by atoms with Gasteiger partial charge in [0.1, 0.15) is 5.60 Å². The summed E-state index contributed by atoms with van der Waals surface area (Å²) >= 11 is 0. The summed E-state index contributed by atoms with van der Waals surface area (Å²) < 4.78 is 5.80. The highest BCUT2D eigenvalue weighted by molar-refractivity contribution is 5.66. The summed E-state index contributed by atoms with van der Waals surface area (Å²) in [6.07, 6.45) is 6.35. The molecule has 1 spiro atoms. The number of carbonyl (C=O) groups excluding carboxylic acids is 1. The van der Waals surface area contributed by atoms with Crippen LogP contribution < -0.4 is 0 Å². The molecule has 108 valence electrons. The summed E-state index contributed by atoms with van der Waals surface area (Å²) in [5.74, 6) is 2.10. The molecule has 2 nitrogen and oxygen atoms in total. The zero-order valence-electron chi connectivity index (χ0n) is 13.1. The highest BCUT2D eigenvalue weighted by Crippen LogP contribution is 2.73. The molecule has 3 rings (SSSR count). The first kappa shape index (κ1) is 13.5. The average Bonchev–Trinajstić information content (AvgIpc) is 2.69. The van der Waals surface area contributed by atoms with Gasteiger partial charge >= 0.3 is 5.97 Å². The van der Waals surface area contributed by atoms with Crippen molar-refractivity contribution in [3.8, 4) is 0 Å². The van der Waals surface area contributed by atoms with Crippen molar-refractivity contribution >= 4 is 5.97 Å². The third-order valence-corrected chi connectivity index (χ3v) is 7.15. The zero-order valence-corrected chi connectivity index (χ0v) is 13.1. The molecule has 3 saturated carbocycles. The molecule has 3 aliphatic rings. The predicted molar refractivity (Wildman–Crippen MR) is 75.6 cm³/mol. The van der Waals surface area contributed by atoms with Gasteiger partial charge in [-0.2, -0.15) is 0 Å². The van der Waals surface area contributed by atoms with Crippen LogP contribution in [-0.4, -0.2) is 11.6 Å². The normalized spacial score (nSPS) is 50.9. The Morgan fingerprint density at radius 1 is 1.11 bits per heavy atom. The Kier molecular flexibility index (Phi) is 2.67. The molecule has 0 aliphatic heterocycles. The molecule has 0 radical (unpaired) electrons. The maximum absolute atomic E-state index is 11.5. The van der Waals surface area contributed by atoms with Crippen molar-refractivity contribution in [3.05, 3.63) is 0 Å².